The van der Waals surface area contributed by atoms with E-state index in [0.29, 0.717) is 11.3 Å². The fourth-order valence-corrected chi connectivity index (χ4v) is 2.91. The Morgan fingerprint density at radius 1 is 1.25 bits per heavy atom. The Balaban J connectivity index is 2.06. The zero-order valence-corrected chi connectivity index (χ0v) is 11.7. The molecule has 0 saturated heterocycles. The molecule has 0 fully saturated rings. The highest BCUT2D eigenvalue weighted by Crippen LogP contribution is 2.32. The first-order chi connectivity index (χ1) is 9.67. The van der Waals surface area contributed by atoms with E-state index < -0.39 is 0 Å². The number of aromatic nitrogens is 1. The molecule has 3 aromatic rings. The van der Waals surface area contributed by atoms with Gasteiger partial charge in [0.25, 0.3) is 0 Å². The van der Waals surface area contributed by atoms with Crippen LogP contribution in [0.2, 0.25) is 0 Å². The van der Waals surface area contributed by atoms with Crippen LogP contribution in [-0.2, 0) is 0 Å². The molecule has 0 aliphatic carbocycles. The SMILES string of the molecule is Cc1nc2cc(Nc3ccccc3C#N)c(N)cc2s1. The van der Waals surface area contributed by atoms with E-state index in [9.17, 15) is 0 Å². The van der Waals surface area contributed by atoms with E-state index in [-0.39, 0.29) is 0 Å². The molecule has 4 nitrogen and oxygen atoms in total. The molecule has 2 aromatic carbocycles. The maximum Gasteiger partial charge on any atom is 0.101 e. The van der Waals surface area contributed by atoms with Gasteiger partial charge in [-0.3, -0.25) is 0 Å². The van der Waals surface area contributed by atoms with E-state index in [1.807, 2.05) is 37.3 Å². The number of fused-ring (bicyclic) bond motifs is 1. The van der Waals surface area contributed by atoms with Gasteiger partial charge in [0.05, 0.1) is 37.8 Å². The van der Waals surface area contributed by atoms with E-state index in [4.69, 9.17) is 11.0 Å². The van der Waals surface area contributed by atoms with Crippen molar-refractivity contribution in [1.29, 1.82) is 5.26 Å². The van der Waals surface area contributed by atoms with Gasteiger partial charge in [0.15, 0.2) is 0 Å². The molecule has 0 aliphatic rings. The third-order valence-electron chi connectivity index (χ3n) is 2.98. The third kappa shape index (κ3) is 2.17. The molecule has 3 rings (SSSR count). The lowest BCUT2D eigenvalue weighted by atomic mass is 10.1. The number of hydrogen-bond acceptors (Lipinski definition) is 5. The molecule has 1 heterocycles. The Morgan fingerprint density at radius 2 is 2.05 bits per heavy atom. The highest BCUT2D eigenvalue weighted by atomic mass is 32.1. The van der Waals surface area contributed by atoms with Gasteiger partial charge in [-0.15, -0.1) is 11.3 Å². The van der Waals surface area contributed by atoms with Gasteiger partial charge in [-0.1, -0.05) is 12.1 Å². The number of thiazole rings is 1. The van der Waals surface area contributed by atoms with Crippen molar-refractivity contribution >= 4 is 38.6 Å². The summed E-state index contributed by atoms with van der Waals surface area (Å²) in [5.41, 5.74) is 9.73. The number of anilines is 3. The van der Waals surface area contributed by atoms with Crippen molar-refractivity contribution in [2.45, 2.75) is 6.92 Å². The number of benzene rings is 2. The number of para-hydroxylation sites is 1. The molecule has 20 heavy (non-hydrogen) atoms. The van der Waals surface area contributed by atoms with Crippen LogP contribution in [0.1, 0.15) is 10.6 Å². The van der Waals surface area contributed by atoms with Crippen molar-refractivity contribution in [3.8, 4) is 6.07 Å². The van der Waals surface area contributed by atoms with E-state index in [1.165, 1.54) is 0 Å². The molecule has 0 atom stereocenters. The van der Waals surface area contributed by atoms with Crippen molar-refractivity contribution in [2.24, 2.45) is 0 Å². The van der Waals surface area contributed by atoms with Crippen LogP contribution >= 0.6 is 11.3 Å². The van der Waals surface area contributed by atoms with Crippen molar-refractivity contribution in [3.05, 3.63) is 47.0 Å². The van der Waals surface area contributed by atoms with Crippen LogP contribution in [0.15, 0.2) is 36.4 Å². The number of hydrogen-bond donors (Lipinski definition) is 2. The first kappa shape index (κ1) is 12.5. The van der Waals surface area contributed by atoms with E-state index >= 15 is 0 Å². The van der Waals surface area contributed by atoms with Gasteiger partial charge in [0.2, 0.25) is 0 Å². The maximum atomic E-state index is 9.11. The number of nitrogens with zero attached hydrogens (tertiary/aromatic N) is 2. The third-order valence-corrected chi connectivity index (χ3v) is 3.92. The Hall–Kier alpha value is -2.58. The minimum absolute atomic E-state index is 0.585. The first-order valence-electron chi connectivity index (χ1n) is 6.10. The number of aryl methyl sites for hydroxylation is 1. The average Bonchev–Trinajstić information content (AvgIpc) is 2.79. The maximum absolute atomic E-state index is 9.11. The van der Waals surface area contributed by atoms with Crippen LogP contribution in [0.4, 0.5) is 17.1 Å². The number of nitrogens with two attached hydrogens (primary N) is 1. The van der Waals surface area contributed by atoms with Crippen LogP contribution in [0.25, 0.3) is 10.2 Å². The largest absolute Gasteiger partial charge is 0.397 e. The smallest absolute Gasteiger partial charge is 0.101 e. The summed E-state index contributed by atoms with van der Waals surface area (Å²) in [4.78, 5) is 4.46. The highest BCUT2D eigenvalue weighted by molar-refractivity contribution is 7.18. The summed E-state index contributed by atoms with van der Waals surface area (Å²) in [5.74, 6) is 0. The van der Waals surface area contributed by atoms with Crippen LogP contribution in [0.3, 0.4) is 0 Å². The number of rotatable bonds is 2. The Bertz CT molecular complexity index is 829. The summed E-state index contributed by atoms with van der Waals surface area (Å²) in [6.07, 6.45) is 0. The zero-order chi connectivity index (χ0) is 14.1. The molecule has 0 spiro atoms. The van der Waals surface area contributed by atoms with Gasteiger partial charge in [0.1, 0.15) is 6.07 Å². The van der Waals surface area contributed by atoms with Gasteiger partial charge in [0, 0.05) is 0 Å². The summed E-state index contributed by atoms with van der Waals surface area (Å²) >= 11 is 1.62. The normalized spacial score (nSPS) is 10.4. The van der Waals surface area contributed by atoms with Gasteiger partial charge >= 0.3 is 0 Å². The quantitative estimate of drug-likeness (QED) is 0.700. The van der Waals surface area contributed by atoms with Crippen molar-refractivity contribution in [1.82, 2.24) is 4.98 Å². The van der Waals surface area contributed by atoms with Crippen molar-refractivity contribution in [3.63, 3.8) is 0 Å². The molecule has 0 bridgehead atoms. The second-order valence-corrected chi connectivity index (χ2v) is 5.66. The topological polar surface area (TPSA) is 74.7 Å². The summed E-state index contributed by atoms with van der Waals surface area (Å²) in [6.45, 7) is 1.97. The number of nitrogen functional groups attached to an aromatic ring is 1. The fraction of sp³-hybridized carbons (Fsp3) is 0.0667. The van der Waals surface area contributed by atoms with Gasteiger partial charge in [-0.05, 0) is 31.2 Å². The number of nitriles is 1. The molecular weight excluding hydrogens is 268 g/mol. The molecule has 98 valence electrons. The number of nitrogens with one attached hydrogen (secondary N) is 1. The summed E-state index contributed by atoms with van der Waals surface area (Å²) in [5, 5.41) is 13.3. The van der Waals surface area contributed by atoms with E-state index in [0.717, 1.165) is 26.6 Å². The minimum atomic E-state index is 0.585. The Kier molecular flexibility index (Phi) is 3.01. The fourth-order valence-electron chi connectivity index (χ4n) is 2.05. The Labute approximate surface area is 120 Å². The Morgan fingerprint density at radius 3 is 2.85 bits per heavy atom. The minimum Gasteiger partial charge on any atom is -0.397 e. The van der Waals surface area contributed by atoms with Gasteiger partial charge in [-0.25, -0.2) is 4.98 Å². The molecule has 3 N–H and O–H groups in total. The molecule has 0 radical (unpaired) electrons. The van der Waals surface area contributed by atoms with E-state index in [2.05, 4.69) is 16.4 Å². The predicted octanol–water partition coefficient (Wildman–Crippen LogP) is 3.80. The lowest BCUT2D eigenvalue weighted by molar-refractivity contribution is 1.35. The molecule has 0 aliphatic heterocycles. The van der Waals surface area contributed by atoms with Crippen LogP contribution in [-0.4, -0.2) is 4.98 Å². The van der Waals surface area contributed by atoms with Crippen molar-refractivity contribution in [2.75, 3.05) is 11.1 Å². The van der Waals surface area contributed by atoms with Gasteiger partial charge in [-0.2, -0.15) is 5.26 Å². The summed E-state index contributed by atoms with van der Waals surface area (Å²) < 4.78 is 1.07. The second-order valence-electron chi connectivity index (χ2n) is 4.42. The summed E-state index contributed by atoms with van der Waals surface area (Å²) in [6, 6.07) is 13.3. The molecule has 0 saturated carbocycles. The second kappa shape index (κ2) is 4.83. The lowest BCUT2D eigenvalue weighted by Crippen LogP contribution is -1.98. The predicted molar refractivity (Wildman–Crippen MR) is 83.2 cm³/mol. The first-order valence-corrected chi connectivity index (χ1v) is 6.92. The van der Waals surface area contributed by atoms with Gasteiger partial charge < -0.3 is 11.1 Å². The highest BCUT2D eigenvalue weighted by Gasteiger charge is 2.08. The van der Waals surface area contributed by atoms with Crippen LogP contribution < -0.4 is 11.1 Å². The monoisotopic (exact) mass is 280 g/mol. The van der Waals surface area contributed by atoms with Crippen LogP contribution in [0.5, 0.6) is 0 Å². The molecular formula is C15H12N4S. The molecule has 1 aromatic heterocycles. The molecule has 5 heteroatoms. The lowest BCUT2D eigenvalue weighted by Gasteiger charge is -2.10. The summed E-state index contributed by atoms with van der Waals surface area (Å²) in [7, 11) is 0. The van der Waals surface area contributed by atoms with Crippen molar-refractivity contribution < 1.29 is 0 Å². The van der Waals surface area contributed by atoms with E-state index in [1.54, 1.807) is 17.4 Å². The zero-order valence-electron chi connectivity index (χ0n) is 10.8. The molecule has 0 amide bonds. The van der Waals surface area contributed by atoms with Crippen LogP contribution in [0, 0.1) is 18.3 Å². The average molecular weight is 280 g/mol. The molecule has 0 unspecified atom stereocenters. The standard InChI is InChI=1S/C15H12N4S/c1-9-18-14-7-13(11(17)6-15(14)20-9)19-12-5-3-2-4-10(12)8-16/h2-7,19H,17H2,1H3.